The monoisotopic (exact) mass is 812 g/mol. The highest BCUT2D eigenvalue weighted by Crippen LogP contribution is 2.38. The van der Waals surface area contributed by atoms with E-state index in [-0.39, 0.29) is 26.1 Å². The summed E-state index contributed by atoms with van der Waals surface area (Å²) in [7, 11) is 1.13. The zero-order valence-corrected chi connectivity index (χ0v) is 37.5. The van der Waals surface area contributed by atoms with Crippen LogP contribution in [0.15, 0.2) is 48.6 Å². The van der Waals surface area contributed by atoms with E-state index in [4.69, 9.17) is 18.5 Å². The summed E-state index contributed by atoms with van der Waals surface area (Å²) >= 11 is 0. The van der Waals surface area contributed by atoms with Gasteiger partial charge in [-0.05, 0) is 51.4 Å². The maximum atomic E-state index is 12.6. The molecule has 1 unspecified atom stereocenters. The standard InChI is InChI=1S/C46H84NO8P/c1-6-8-10-12-14-16-18-20-22-23-25-27-29-31-33-35-37-39-46(49)55-44(43-54-56(50,51)53-41-40-47(3,4)5)42-52-45(48)38-36-34-32-30-28-26-24-21-19-17-15-13-11-9-7-2/h14,16,20,22,25,27,31,33,44H,6-13,15,17-19,21,23-24,26,28-30,32,34-43H2,1-5H3/b16-14-,22-20-,27-25-,33-31-/t44-/m1/s1/i45+2. The van der Waals surface area contributed by atoms with Crippen LogP contribution >= 0.6 is 7.82 Å². The molecule has 2 atom stereocenters. The molecule has 0 rings (SSSR count). The molecule has 326 valence electrons. The Bertz CT molecular complexity index is 1100. The molecule has 0 heterocycles. The second kappa shape index (κ2) is 38.5. The number of phosphoric acid groups is 1. The second-order valence-corrected chi connectivity index (χ2v) is 17.5. The van der Waals surface area contributed by atoms with Crippen molar-refractivity contribution in [3.05, 3.63) is 48.6 Å². The van der Waals surface area contributed by atoms with Crippen molar-refractivity contribution in [2.75, 3.05) is 47.5 Å². The Morgan fingerprint density at radius 3 is 1.57 bits per heavy atom. The molecule has 0 bridgehead atoms. The van der Waals surface area contributed by atoms with Crippen LogP contribution in [0.4, 0.5) is 0 Å². The number of esters is 2. The molecule has 0 fully saturated rings. The third kappa shape index (κ3) is 41.6. The molecule has 0 N–H and O–H groups in total. The fourth-order valence-electron chi connectivity index (χ4n) is 5.82. The molecule has 0 saturated carbocycles. The van der Waals surface area contributed by atoms with Gasteiger partial charge in [-0.2, -0.15) is 0 Å². The Balaban J connectivity index is 4.45. The van der Waals surface area contributed by atoms with Gasteiger partial charge in [0.05, 0.1) is 27.7 Å². The van der Waals surface area contributed by atoms with Crippen molar-refractivity contribution < 1.29 is 42.1 Å². The van der Waals surface area contributed by atoms with Crippen molar-refractivity contribution in [2.24, 2.45) is 0 Å². The summed E-state index contributed by atoms with van der Waals surface area (Å²) in [4.78, 5) is 37.5. The van der Waals surface area contributed by atoms with Crippen LogP contribution in [0.1, 0.15) is 181 Å². The van der Waals surface area contributed by atoms with Gasteiger partial charge in [0.2, 0.25) is 0 Å². The van der Waals surface area contributed by atoms with Crippen molar-refractivity contribution in [1.82, 2.24) is 0 Å². The number of hydrogen-bond acceptors (Lipinski definition) is 8. The second-order valence-electron chi connectivity index (χ2n) is 16.1. The summed E-state index contributed by atoms with van der Waals surface area (Å²) in [5, 5.41) is 0. The Morgan fingerprint density at radius 2 is 1.07 bits per heavy atom. The van der Waals surface area contributed by atoms with Gasteiger partial charge in [-0.15, -0.1) is 0 Å². The Labute approximate surface area is 343 Å². The normalized spacial score (nSPS) is 14.0. The topological polar surface area (TPSA) is 111 Å². The molecule has 0 aliphatic carbocycles. The Morgan fingerprint density at radius 1 is 0.625 bits per heavy atom. The van der Waals surface area contributed by atoms with Crippen LogP contribution in [-0.2, 0) is 32.7 Å². The van der Waals surface area contributed by atoms with Gasteiger partial charge in [-0.1, -0.05) is 165 Å². The van der Waals surface area contributed by atoms with Crippen molar-refractivity contribution in [2.45, 2.75) is 187 Å². The maximum absolute atomic E-state index is 12.6. The minimum atomic E-state index is -4.64. The first kappa shape index (κ1) is 54.0. The fraction of sp³-hybridized carbons (Fsp3) is 0.783. The van der Waals surface area contributed by atoms with Gasteiger partial charge >= 0.3 is 11.9 Å². The van der Waals surface area contributed by atoms with Crippen molar-refractivity contribution in [3.8, 4) is 0 Å². The average Bonchev–Trinajstić information content (AvgIpc) is 3.15. The molecule has 0 spiro atoms. The molecule has 0 aromatic carbocycles. The smallest absolute Gasteiger partial charge is 0.306 e. The lowest BCUT2D eigenvalue weighted by Crippen LogP contribution is -2.37. The van der Waals surface area contributed by atoms with Gasteiger partial charge in [0.15, 0.2) is 6.10 Å². The van der Waals surface area contributed by atoms with Crippen LogP contribution in [-0.4, -0.2) is 70.0 Å². The molecule has 0 radical (unpaired) electrons. The van der Waals surface area contributed by atoms with E-state index in [1.807, 2.05) is 27.2 Å². The van der Waals surface area contributed by atoms with Gasteiger partial charge < -0.3 is 27.9 Å². The predicted molar refractivity (Wildman–Crippen MR) is 231 cm³/mol. The van der Waals surface area contributed by atoms with Crippen molar-refractivity contribution >= 4 is 19.8 Å². The molecular weight excluding hydrogens is 727 g/mol. The molecular formula is C46H84NO8P. The Hall–Kier alpha value is -2.03. The highest BCUT2D eigenvalue weighted by Gasteiger charge is 2.21. The number of carbonyl (C=O) groups is 2. The molecule has 10 heteroatoms. The average molecular weight is 812 g/mol. The molecule has 0 aromatic heterocycles. The first-order chi connectivity index (χ1) is 27.0. The zero-order chi connectivity index (χ0) is 41.4. The van der Waals surface area contributed by atoms with Crippen LogP contribution in [0.25, 0.3) is 0 Å². The number of allylic oxidation sites excluding steroid dienone is 8. The third-order valence-corrected chi connectivity index (χ3v) is 10.3. The van der Waals surface area contributed by atoms with Crippen LogP contribution in [0.3, 0.4) is 0 Å². The molecule has 0 aliphatic rings. The van der Waals surface area contributed by atoms with Crippen LogP contribution in [0.2, 0.25) is 0 Å². The van der Waals surface area contributed by atoms with Gasteiger partial charge in [0, 0.05) is 12.8 Å². The SMILES string of the molecule is CCCCC/C=C\C/C=C\C/C=C\C/C=C\CCCC(=O)O[C@H](CO[14C](=O)CCCCCCCCCCCCCCCCC)COP(=O)([O-])OCC[N+](C)(C)C. The number of likely N-dealkylation sites (N-methyl/N-ethyl adjacent to an activating group) is 1. The molecule has 9 nitrogen and oxygen atoms in total. The summed E-state index contributed by atoms with van der Waals surface area (Å²) in [6.07, 6.45) is 44.3. The van der Waals surface area contributed by atoms with Gasteiger partial charge in [-0.3, -0.25) is 14.2 Å². The van der Waals surface area contributed by atoms with E-state index >= 15 is 0 Å². The molecule has 0 amide bonds. The van der Waals surface area contributed by atoms with E-state index in [1.165, 1.54) is 103 Å². The third-order valence-electron chi connectivity index (χ3n) is 9.35. The molecule has 0 aromatic rings. The van der Waals surface area contributed by atoms with E-state index in [0.29, 0.717) is 23.9 Å². The lowest BCUT2D eigenvalue weighted by Gasteiger charge is -2.28. The molecule has 0 saturated heterocycles. The van der Waals surface area contributed by atoms with E-state index in [1.54, 1.807) is 0 Å². The molecule has 0 aliphatic heterocycles. The van der Waals surface area contributed by atoms with Gasteiger partial charge in [0.1, 0.15) is 19.8 Å². The number of ether oxygens (including phenoxy) is 2. The summed E-state index contributed by atoms with van der Waals surface area (Å²) < 4.78 is 33.8. The molecule has 56 heavy (non-hydrogen) atoms. The first-order valence-electron chi connectivity index (χ1n) is 22.3. The lowest BCUT2D eigenvalue weighted by molar-refractivity contribution is -0.870. The number of unbranched alkanes of at least 4 members (excludes halogenated alkanes) is 18. The zero-order valence-electron chi connectivity index (χ0n) is 36.6. The first-order valence-corrected chi connectivity index (χ1v) is 23.8. The lowest BCUT2D eigenvalue weighted by atomic mass is 10.0. The fourth-order valence-corrected chi connectivity index (χ4v) is 6.55. The largest absolute Gasteiger partial charge is 0.756 e. The Kier molecular flexibility index (Phi) is 37.1. The minimum Gasteiger partial charge on any atom is -0.756 e. The summed E-state index contributed by atoms with van der Waals surface area (Å²) in [5.41, 5.74) is 0. The van der Waals surface area contributed by atoms with Crippen molar-refractivity contribution in [3.63, 3.8) is 0 Å². The number of quaternary nitrogens is 1. The van der Waals surface area contributed by atoms with E-state index in [0.717, 1.165) is 38.5 Å². The number of hydrogen-bond donors (Lipinski definition) is 0. The summed E-state index contributed by atoms with van der Waals surface area (Å²) in [6.45, 7) is 4.14. The number of rotatable bonds is 40. The highest BCUT2D eigenvalue weighted by molar-refractivity contribution is 7.45. The van der Waals surface area contributed by atoms with Gasteiger partial charge in [-0.25, -0.2) is 0 Å². The van der Waals surface area contributed by atoms with E-state index in [9.17, 15) is 19.0 Å². The predicted octanol–water partition coefficient (Wildman–Crippen LogP) is 12.1. The van der Waals surface area contributed by atoms with Crippen LogP contribution in [0.5, 0.6) is 0 Å². The quantitative estimate of drug-likeness (QED) is 0.0198. The minimum absolute atomic E-state index is 0.0412. The van der Waals surface area contributed by atoms with E-state index in [2.05, 4.69) is 56.4 Å². The highest BCUT2D eigenvalue weighted by atomic mass is 31.2. The summed E-state index contributed by atoms with van der Waals surface area (Å²) in [6, 6.07) is 0. The number of nitrogens with zero attached hydrogens (tertiary/aromatic N) is 1. The summed E-state index contributed by atoms with van der Waals surface area (Å²) in [5.74, 6) is -0.898. The van der Waals surface area contributed by atoms with Crippen LogP contribution < -0.4 is 4.89 Å². The van der Waals surface area contributed by atoms with Crippen LogP contribution in [0, 0.1) is 0 Å². The van der Waals surface area contributed by atoms with Crippen molar-refractivity contribution in [1.29, 1.82) is 0 Å². The maximum Gasteiger partial charge on any atom is 0.306 e. The van der Waals surface area contributed by atoms with E-state index < -0.39 is 32.5 Å². The number of carbonyl (C=O) groups excluding carboxylic acids is 2. The van der Waals surface area contributed by atoms with Gasteiger partial charge in [0.25, 0.3) is 7.82 Å². The number of phosphoric ester groups is 1.